The van der Waals surface area contributed by atoms with Gasteiger partial charge in [0, 0.05) is 23.2 Å². The summed E-state index contributed by atoms with van der Waals surface area (Å²) in [6.45, 7) is 0. The van der Waals surface area contributed by atoms with Gasteiger partial charge in [-0.1, -0.05) is 37.5 Å². The van der Waals surface area contributed by atoms with E-state index in [1.54, 1.807) is 12.1 Å². The zero-order chi connectivity index (χ0) is 14.7. The SMILES string of the molecule is NC(=O)c1ccc(-c2cccnc2C2CCCCC2)cc1. The molecule has 3 rings (SSSR count). The first-order chi connectivity index (χ1) is 10.3. The fourth-order valence-corrected chi connectivity index (χ4v) is 3.18. The summed E-state index contributed by atoms with van der Waals surface area (Å²) in [5.74, 6) is 0.172. The minimum Gasteiger partial charge on any atom is -0.366 e. The second kappa shape index (κ2) is 6.08. The van der Waals surface area contributed by atoms with Gasteiger partial charge in [-0.05, 0) is 36.6 Å². The first-order valence-electron chi connectivity index (χ1n) is 7.61. The molecule has 0 unspecified atom stereocenters. The zero-order valence-electron chi connectivity index (χ0n) is 12.1. The van der Waals surface area contributed by atoms with Gasteiger partial charge in [-0.15, -0.1) is 0 Å². The number of pyridine rings is 1. The number of aromatic nitrogens is 1. The van der Waals surface area contributed by atoms with Gasteiger partial charge in [0.15, 0.2) is 0 Å². The number of nitrogens with zero attached hydrogens (tertiary/aromatic N) is 1. The lowest BCUT2D eigenvalue weighted by Crippen LogP contribution is -2.10. The molecule has 1 aromatic carbocycles. The molecule has 0 bridgehead atoms. The topological polar surface area (TPSA) is 56.0 Å². The van der Waals surface area contributed by atoms with E-state index in [0.717, 1.165) is 5.56 Å². The van der Waals surface area contributed by atoms with Crippen LogP contribution in [0.4, 0.5) is 0 Å². The highest BCUT2D eigenvalue weighted by molar-refractivity contribution is 5.93. The smallest absolute Gasteiger partial charge is 0.248 e. The van der Waals surface area contributed by atoms with Crippen molar-refractivity contribution in [2.24, 2.45) is 5.73 Å². The Morgan fingerprint density at radius 3 is 2.43 bits per heavy atom. The normalized spacial score (nSPS) is 15.8. The van der Waals surface area contributed by atoms with Crippen molar-refractivity contribution in [3.63, 3.8) is 0 Å². The van der Waals surface area contributed by atoms with E-state index in [1.165, 1.54) is 43.4 Å². The molecular weight excluding hydrogens is 260 g/mol. The molecule has 0 radical (unpaired) electrons. The molecule has 3 heteroatoms. The Hall–Kier alpha value is -2.16. The number of primary amides is 1. The van der Waals surface area contributed by atoms with Crippen molar-refractivity contribution in [1.29, 1.82) is 0 Å². The van der Waals surface area contributed by atoms with Crippen LogP contribution in [-0.2, 0) is 0 Å². The second-order valence-corrected chi connectivity index (χ2v) is 5.71. The van der Waals surface area contributed by atoms with Crippen molar-refractivity contribution >= 4 is 5.91 Å². The molecular formula is C18H20N2O. The lowest BCUT2D eigenvalue weighted by molar-refractivity contribution is 0.100. The first-order valence-corrected chi connectivity index (χ1v) is 7.61. The molecule has 1 aliphatic rings. The number of hydrogen-bond acceptors (Lipinski definition) is 2. The number of amides is 1. The number of carbonyl (C=O) groups is 1. The summed E-state index contributed by atoms with van der Waals surface area (Å²) in [6, 6.07) is 11.6. The van der Waals surface area contributed by atoms with Crippen molar-refractivity contribution in [3.8, 4) is 11.1 Å². The third-order valence-corrected chi connectivity index (χ3v) is 4.31. The highest BCUT2D eigenvalue weighted by atomic mass is 16.1. The summed E-state index contributed by atoms with van der Waals surface area (Å²) in [5, 5.41) is 0. The molecule has 1 saturated carbocycles. The third-order valence-electron chi connectivity index (χ3n) is 4.31. The van der Waals surface area contributed by atoms with Crippen LogP contribution in [-0.4, -0.2) is 10.9 Å². The quantitative estimate of drug-likeness (QED) is 0.927. The molecule has 1 fully saturated rings. The molecule has 2 aromatic rings. The van der Waals surface area contributed by atoms with Gasteiger partial charge in [-0.3, -0.25) is 9.78 Å². The average Bonchev–Trinajstić information content (AvgIpc) is 2.56. The zero-order valence-corrected chi connectivity index (χ0v) is 12.1. The van der Waals surface area contributed by atoms with E-state index in [4.69, 9.17) is 5.73 Å². The Labute approximate surface area is 125 Å². The van der Waals surface area contributed by atoms with Crippen molar-refractivity contribution in [2.45, 2.75) is 38.0 Å². The molecule has 0 saturated heterocycles. The maximum Gasteiger partial charge on any atom is 0.248 e. The van der Waals surface area contributed by atoms with Crippen LogP contribution in [0.25, 0.3) is 11.1 Å². The molecule has 2 N–H and O–H groups in total. The van der Waals surface area contributed by atoms with E-state index in [2.05, 4.69) is 11.1 Å². The minimum absolute atomic E-state index is 0.389. The Morgan fingerprint density at radius 1 is 1.05 bits per heavy atom. The summed E-state index contributed by atoms with van der Waals surface area (Å²) in [5.41, 5.74) is 9.33. The fourth-order valence-electron chi connectivity index (χ4n) is 3.18. The summed E-state index contributed by atoms with van der Waals surface area (Å²) in [6.07, 6.45) is 8.26. The van der Waals surface area contributed by atoms with Crippen molar-refractivity contribution < 1.29 is 4.79 Å². The van der Waals surface area contributed by atoms with Crippen LogP contribution in [0, 0.1) is 0 Å². The van der Waals surface area contributed by atoms with Gasteiger partial charge in [0.1, 0.15) is 0 Å². The second-order valence-electron chi connectivity index (χ2n) is 5.71. The standard InChI is InChI=1S/C18H20N2O/c19-18(21)15-10-8-13(9-11-15)16-7-4-12-20-17(16)14-5-2-1-3-6-14/h4,7-12,14H,1-3,5-6H2,(H2,19,21). The van der Waals surface area contributed by atoms with E-state index in [-0.39, 0.29) is 5.91 Å². The monoisotopic (exact) mass is 280 g/mol. The number of rotatable bonds is 3. The Kier molecular flexibility index (Phi) is 4.00. The Balaban J connectivity index is 1.96. The predicted octanol–water partition coefficient (Wildman–Crippen LogP) is 3.90. The number of hydrogen-bond donors (Lipinski definition) is 1. The van der Waals surface area contributed by atoms with Gasteiger partial charge in [0.2, 0.25) is 5.91 Å². The molecule has 3 nitrogen and oxygen atoms in total. The summed E-state index contributed by atoms with van der Waals surface area (Å²) in [7, 11) is 0. The first kappa shape index (κ1) is 13.8. The summed E-state index contributed by atoms with van der Waals surface area (Å²) in [4.78, 5) is 15.8. The van der Waals surface area contributed by atoms with E-state index >= 15 is 0 Å². The van der Waals surface area contributed by atoms with E-state index in [1.807, 2.05) is 24.4 Å². The van der Waals surface area contributed by atoms with Crippen LogP contribution in [0.5, 0.6) is 0 Å². The summed E-state index contributed by atoms with van der Waals surface area (Å²) >= 11 is 0. The van der Waals surface area contributed by atoms with Crippen LogP contribution in [0.1, 0.15) is 54.1 Å². The van der Waals surface area contributed by atoms with Crippen molar-refractivity contribution in [1.82, 2.24) is 4.98 Å². The molecule has 1 heterocycles. The lowest BCUT2D eigenvalue weighted by atomic mass is 9.84. The lowest BCUT2D eigenvalue weighted by Gasteiger charge is -2.23. The van der Waals surface area contributed by atoms with Crippen LogP contribution < -0.4 is 5.73 Å². The van der Waals surface area contributed by atoms with Crippen molar-refractivity contribution in [3.05, 3.63) is 53.9 Å². The van der Waals surface area contributed by atoms with Gasteiger partial charge in [0.25, 0.3) is 0 Å². The maximum atomic E-state index is 11.2. The largest absolute Gasteiger partial charge is 0.366 e. The Morgan fingerprint density at radius 2 is 1.76 bits per heavy atom. The summed E-state index contributed by atoms with van der Waals surface area (Å²) < 4.78 is 0. The van der Waals surface area contributed by atoms with E-state index in [9.17, 15) is 4.79 Å². The predicted molar refractivity (Wildman–Crippen MR) is 84.0 cm³/mol. The van der Waals surface area contributed by atoms with Crippen LogP contribution in [0.15, 0.2) is 42.6 Å². The average molecular weight is 280 g/mol. The number of carbonyl (C=O) groups excluding carboxylic acids is 1. The van der Waals surface area contributed by atoms with Crippen LogP contribution in [0.3, 0.4) is 0 Å². The van der Waals surface area contributed by atoms with Crippen molar-refractivity contribution in [2.75, 3.05) is 0 Å². The molecule has 1 aromatic heterocycles. The minimum atomic E-state index is -0.389. The maximum absolute atomic E-state index is 11.2. The molecule has 0 spiro atoms. The van der Waals surface area contributed by atoms with Gasteiger partial charge in [0.05, 0.1) is 5.69 Å². The molecule has 0 aliphatic heterocycles. The van der Waals surface area contributed by atoms with Gasteiger partial charge >= 0.3 is 0 Å². The number of benzene rings is 1. The molecule has 1 aliphatic carbocycles. The molecule has 21 heavy (non-hydrogen) atoms. The van der Waals surface area contributed by atoms with E-state index in [0.29, 0.717) is 11.5 Å². The van der Waals surface area contributed by atoms with Crippen LogP contribution in [0.2, 0.25) is 0 Å². The number of nitrogens with two attached hydrogens (primary N) is 1. The third kappa shape index (κ3) is 2.97. The van der Waals surface area contributed by atoms with E-state index < -0.39 is 0 Å². The van der Waals surface area contributed by atoms with Gasteiger partial charge in [-0.25, -0.2) is 0 Å². The Bertz CT molecular complexity index is 628. The highest BCUT2D eigenvalue weighted by Crippen LogP contribution is 2.36. The van der Waals surface area contributed by atoms with Gasteiger partial charge < -0.3 is 5.73 Å². The highest BCUT2D eigenvalue weighted by Gasteiger charge is 2.20. The molecule has 0 atom stereocenters. The fraction of sp³-hybridized carbons (Fsp3) is 0.333. The van der Waals surface area contributed by atoms with Gasteiger partial charge in [-0.2, -0.15) is 0 Å². The van der Waals surface area contributed by atoms with Crippen LogP contribution >= 0.6 is 0 Å². The molecule has 108 valence electrons. The molecule has 1 amide bonds.